The zero-order valence-corrected chi connectivity index (χ0v) is 18.0. The van der Waals surface area contributed by atoms with Crippen LogP contribution >= 0.6 is 0 Å². The fourth-order valence-corrected chi connectivity index (χ4v) is 3.75. The lowest BCUT2D eigenvalue weighted by molar-refractivity contribution is -0.384. The minimum absolute atomic E-state index is 0.0191. The molecule has 6 heteroatoms. The number of nitro benzene ring substituents is 1. The van der Waals surface area contributed by atoms with Gasteiger partial charge in [-0.15, -0.1) is 0 Å². The summed E-state index contributed by atoms with van der Waals surface area (Å²) in [6.45, 7) is 4.68. The molecule has 1 amide bonds. The average molecular weight is 428 g/mol. The first-order valence-electron chi connectivity index (χ1n) is 10.5. The largest absolute Gasteiger partial charge is 0.349 e. The Morgan fingerprint density at radius 3 is 2.56 bits per heavy atom. The number of anilines is 1. The van der Waals surface area contributed by atoms with E-state index >= 15 is 0 Å². The molecule has 1 aliphatic heterocycles. The van der Waals surface area contributed by atoms with E-state index in [1.54, 1.807) is 23.1 Å². The topological polar surface area (TPSA) is 72.7 Å². The van der Waals surface area contributed by atoms with E-state index in [9.17, 15) is 14.9 Å². The predicted molar refractivity (Wildman–Crippen MR) is 124 cm³/mol. The van der Waals surface area contributed by atoms with Crippen LogP contribution in [0.2, 0.25) is 0 Å². The Labute approximate surface area is 186 Å². The number of nitro groups is 1. The monoisotopic (exact) mass is 428 g/mol. The number of hydrogen-bond donors (Lipinski definition) is 0. The van der Waals surface area contributed by atoms with E-state index in [1.165, 1.54) is 23.8 Å². The minimum Gasteiger partial charge on any atom is -0.349 e. The summed E-state index contributed by atoms with van der Waals surface area (Å²) in [5.74, 6) is 0.147. The minimum atomic E-state index is -0.562. The highest BCUT2D eigenvalue weighted by molar-refractivity contribution is 6.04. The standard InChI is InChI=1S/C26H24N2O4/c1-18(2)20-11-13-21(14-12-20)26-27(24-9-4-3-7-22(24)17-32-26)25(29)15-10-19-6-5-8-23(16-19)28(30)31/h3-16,18,26H,17H2,1-2H3/b15-10+/t26-/m0/s1. The molecule has 0 saturated carbocycles. The zero-order valence-electron chi connectivity index (χ0n) is 18.0. The number of hydrogen-bond acceptors (Lipinski definition) is 4. The van der Waals surface area contributed by atoms with Crippen LogP contribution in [0.15, 0.2) is 78.9 Å². The number of ether oxygens (including phenoxy) is 1. The van der Waals surface area contributed by atoms with Gasteiger partial charge in [0.2, 0.25) is 0 Å². The van der Waals surface area contributed by atoms with Crippen LogP contribution in [0.3, 0.4) is 0 Å². The molecule has 1 atom stereocenters. The Morgan fingerprint density at radius 1 is 1.09 bits per heavy atom. The van der Waals surface area contributed by atoms with Crippen LogP contribution in [-0.4, -0.2) is 10.8 Å². The molecule has 1 heterocycles. The first kappa shape index (κ1) is 21.5. The molecule has 0 unspecified atom stereocenters. The van der Waals surface area contributed by atoms with Gasteiger partial charge < -0.3 is 4.74 Å². The summed E-state index contributed by atoms with van der Waals surface area (Å²) in [5.41, 5.74) is 4.39. The lowest BCUT2D eigenvalue weighted by atomic mass is 10.00. The summed E-state index contributed by atoms with van der Waals surface area (Å²) in [5, 5.41) is 11.0. The van der Waals surface area contributed by atoms with Gasteiger partial charge in [-0.1, -0.05) is 68.4 Å². The van der Waals surface area contributed by atoms with E-state index in [2.05, 4.69) is 26.0 Å². The average Bonchev–Trinajstić information content (AvgIpc) is 2.82. The van der Waals surface area contributed by atoms with Gasteiger partial charge in [0.25, 0.3) is 11.6 Å². The van der Waals surface area contributed by atoms with Crippen molar-refractivity contribution < 1.29 is 14.5 Å². The quantitative estimate of drug-likeness (QED) is 0.284. The van der Waals surface area contributed by atoms with Crippen LogP contribution in [0.4, 0.5) is 11.4 Å². The lowest BCUT2D eigenvalue weighted by Crippen LogP contribution is -2.38. The SMILES string of the molecule is CC(C)c1ccc([C@@H]2OCc3ccccc3N2C(=O)/C=C/c2cccc([N+](=O)[O-])c2)cc1. The molecule has 6 nitrogen and oxygen atoms in total. The molecule has 4 rings (SSSR count). The van der Waals surface area contributed by atoms with Crippen LogP contribution in [0.25, 0.3) is 6.08 Å². The van der Waals surface area contributed by atoms with Gasteiger partial charge in [-0.2, -0.15) is 0 Å². The van der Waals surface area contributed by atoms with E-state index < -0.39 is 11.2 Å². The lowest BCUT2D eigenvalue weighted by Gasteiger charge is -2.36. The molecule has 0 N–H and O–H groups in total. The van der Waals surface area contributed by atoms with Crippen molar-refractivity contribution in [3.8, 4) is 0 Å². The third-order valence-corrected chi connectivity index (χ3v) is 5.51. The van der Waals surface area contributed by atoms with E-state index in [0.717, 1.165) is 16.8 Å². The van der Waals surface area contributed by atoms with Gasteiger partial charge >= 0.3 is 0 Å². The van der Waals surface area contributed by atoms with Crippen molar-refractivity contribution in [3.05, 3.63) is 111 Å². The van der Waals surface area contributed by atoms with Crippen molar-refractivity contribution >= 4 is 23.4 Å². The first-order chi connectivity index (χ1) is 15.4. The summed E-state index contributed by atoms with van der Waals surface area (Å²) in [4.78, 5) is 25.6. The molecule has 0 aromatic heterocycles. The number of benzene rings is 3. The maximum atomic E-state index is 13.3. The van der Waals surface area contributed by atoms with E-state index in [1.807, 2.05) is 36.4 Å². The van der Waals surface area contributed by atoms with E-state index in [-0.39, 0.29) is 11.6 Å². The van der Waals surface area contributed by atoms with Crippen molar-refractivity contribution in [2.24, 2.45) is 0 Å². The fourth-order valence-electron chi connectivity index (χ4n) is 3.75. The molecule has 0 bridgehead atoms. The van der Waals surface area contributed by atoms with Gasteiger partial charge in [-0.25, -0.2) is 0 Å². The van der Waals surface area contributed by atoms with Gasteiger partial charge in [-0.05, 0) is 29.2 Å². The van der Waals surface area contributed by atoms with Gasteiger partial charge in [0.1, 0.15) is 0 Å². The summed E-state index contributed by atoms with van der Waals surface area (Å²) in [6.07, 6.45) is 2.46. The number of carbonyl (C=O) groups excluding carboxylic acids is 1. The Morgan fingerprint density at radius 2 is 1.84 bits per heavy atom. The van der Waals surface area contributed by atoms with Crippen LogP contribution < -0.4 is 4.90 Å². The molecule has 0 saturated heterocycles. The van der Waals surface area contributed by atoms with Crippen LogP contribution in [0, 0.1) is 10.1 Å². The second-order valence-electron chi connectivity index (χ2n) is 8.01. The molecule has 162 valence electrons. The summed E-state index contributed by atoms with van der Waals surface area (Å²) >= 11 is 0. The normalized spacial score (nSPS) is 15.7. The smallest absolute Gasteiger partial charge is 0.270 e. The second-order valence-corrected chi connectivity index (χ2v) is 8.01. The third-order valence-electron chi connectivity index (χ3n) is 5.51. The van der Waals surface area contributed by atoms with Gasteiger partial charge in [0.15, 0.2) is 6.23 Å². The maximum absolute atomic E-state index is 13.3. The van der Waals surface area contributed by atoms with Gasteiger partial charge in [-0.3, -0.25) is 19.8 Å². The van der Waals surface area contributed by atoms with Crippen molar-refractivity contribution in [2.45, 2.75) is 32.6 Å². The number of para-hydroxylation sites is 1. The first-order valence-corrected chi connectivity index (χ1v) is 10.5. The van der Waals surface area contributed by atoms with Crippen molar-refractivity contribution in [3.63, 3.8) is 0 Å². The number of amides is 1. The molecule has 0 radical (unpaired) electrons. The molecule has 3 aromatic carbocycles. The molecule has 0 aliphatic carbocycles. The molecule has 32 heavy (non-hydrogen) atoms. The molecular formula is C26H24N2O4. The molecule has 3 aromatic rings. The summed E-state index contributed by atoms with van der Waals surface area (Å²) in [6, 6.07) is 22.0. The van der Waals surface area contributed by atoms with Crippen LogP contribution in [0.1, 0.15) is 48.2 Å². The van der Waals surface area contributed by atoms with Crippen molar-refractivity contribution in [2.75, 3.05) is 4.90 Å². The number of rotatable bonds is 5. The van der Waals surface area contributed by atoms with Gasteiger partial charge in [0, 0.05) is 29.3 Å². The highest BCUT2D eigenvalue weighted by Crippen LogP contribution is 2.37. The Bertz CT molecular complexity index is 1170. The maximum Gasteiger partial charge on any atom is 0.270 e. The predicted octanol–water partition coefficient (Wildman–Crippen LogP) is 5.99. The van der Waals surface area contributed by atoms with Crippen LogP contribution in [-0.2, 0) is 16.1 Å². The molecular weight excluding hydrogens is 404 g/mol. The van der Waals surface area contributed by atoms with Gasteiger partial charge in [0.05, 0.1) is 17.2 Å². The third kappa shape index (κ3) is 4.45. The Balaban J connectivity index is 1.67. The van der Waals surface area contributed by atoms with Crippen LogP contribution in [0.5, 0.6) is 0 Å². The molecule has 0 spiro atoms. The van der Waals surface area contributed by atoms with Crippen molar-refractivity contribution in [1.82, 2.24) is 0 Å². The second kappa shape index (κ2) is 9.16. The Hall–Kier alpha value is -3.77. The number of non-ortho nitro benzene ring substituents is 1. The zero-order chi connectivity index (χ0) is 22.7. The summed E-state index contributed by atoms with van der Waals surface area (Å²) in [7, 11) is 0. The highest BCUT2D eigenvalue weighted by atomic mass is 16.6. The fraction of sp³-hybridized carbons (Fsp3) is 0.192. The molecule has 1 aliphatic rings. The molecule has 0 fully saturated rings. The Kier molecular flexibility index (Phi) is 6.14. The number of carbonyl (C=O) groups is 1. The highest BCUT2D eigenvalue weighted by Gasteiger charge is 2.31. The summed E-state index contributed by atoms with van der Waals surface area (Å²) < 4.78 is 6.11. The number of fused-ring (bicyclic) bond motifs is 1. The van der Waals surface area contributed by atoms with Crippen molar-refractivity contribution in [1.29, 1.82) is 0 Å². The van der Waals surface area contributed by atoms with E-state index in [4.69, 9.17) is 4.74 Å². The van der Waals surface area contributed by atoms with E-state index in [0.29, 0.717) is 18.1 Å². The number of nitrogens with zero attached hydrogens (tertiary/aromatic N) is 2.